The maximum Gasteiger partial charge on any atom is 0.239 e. The largest absolute Gasteiger partial charge is 0.383 e. The lowest BCUT2D eigenvalue weighted by Gasteiger charge is -2.16. The van der Waals surface area contributed by atoms with E-state index >= 15 is 0 Å². The molecule has 1 unspecified atom stereocenters. The van der Waals surface area contributed by atoms with Gasteiger partial charge in [0.1, 0.15) is 0 Å². The van der Waals surface area contributed by atoms with Gasteiger partial charge in [-0.1, -0.05) is 36.8 Å². The Morgan fingerprint density at radius 3 is 2.67 bits per heavy atom. The van der Waals surface area contributed by atoms with Crippen LogP contribution >= 0.6 is 24.0 Å². The molecule has 0 aliphatic rings. The third-order valence-corrected chi connectivity index (χ3v) is 3.46. The fourth-order valence-corrected chi connectivity index (χ4v) is 2.08. The number of benzene rings is 1. The van der Waals surface area contributed by atoms with Crippen molar-refractivity contribution >= 4 is 35.8 Å². The highest BCUT2D eigenvalue weighted by molar-refractivity contribution is 14.0. The molecule has 1 rings (SSSR count). The number of ether oxygens (including phenoxy) is 1. The second-order valence-electron chi connectivity index (χ2n) is 5.46. The second-order valence-corrected chi connectivity index (χ2v) is 5.46. The topological polar surface area (TPSA) is 74.8 Å². The molecule has 1 atom stereocenters. The number of aryl methyl sites for hydroxylation is 1. The zero-order valence-electron chi connectivity index (χ0n) is 14.9. The molecule has 7 heteroatoms. The number of methoxy groups -OCH3 is 1. The van der Waals surface area contributed by atoms with E-state index in [2.05, 4.69) is 59.1 Å². The summed E-state index contributed by atoms with van der Waals surface area (Å²) in [6.45, 7) is 6.19. The first-order valence-electron chi connectivity index (χ1n) is 7.83. The number of carbonyl (C=O) groups excluding carboxylic acids is 1. The number of guanidine groups is 1. The Morgan fingerprint density at radius 2 is 2.04 bits per heavy atom. The number of aliphatic imine (C=N–C) groups is 1. The van der Waals surface area contributed by atoms with E-state index in [1.165, 1.54) is 11.1 Å². The van der Waals surface area contributed by atoms with Crippen molar-refractivity contribution in [2.24, 2.45) is 4.99 Å². The summed E-state index contributed by atoms with van der Waals surface area (Å²) in [5.74, 6) is 0.882. The summed E-state index contributed by atoms with van der Waals surface area (Å²) in [7, 11) is 3.29. The van der Waals surface area contributed by atoms with Gasteiger partial charge in [0.05, 0.1) is 13.2 Å². The SMILES string of the molecule is CN=C(NCC(=O)NCCOC)NCC(C)c1cccc(C)c1.I. The Bertz CT molecular complexity index is 523. The van der Waals surface area contributed by atoms with Gasteiger partial charge in [0.15, 0.2) is 5.96 Å². The van der Waals surface area contributed by atoms with Crippen molar-refractivity contribution in [2.45, 2.75) is 19.8 Å². The predicted octanol–water partition coefficient (Wildman–Crippen LogP) is 1.64. The summed E-state index contributed by atoms with van der Waals surface area (Å²) in [4.78, 5) is 15.8. The minimum Gasteiger partial charge on any atom is -0.383 e. The molecule has 0 fully saturated rings. The van der Waals surface area contributed by atoms with Gasteiger partial charge in [0, 0.05) is 27.2 Å². The zero-order valence-corrected chi connectivity index (χ0v) is 17.2. The summed E-state index contributed by atoms with van der Waals surface area (Å²) in [5, 5.41) is 9.00. The van der Waals surface area contributed by atoms with Crippen LogP contribution in [0.5, 0.6) is 0 Å². The molecule has 3 N–H and O–H groups in total. The molecule has 0 spiro atoms. The average Bonchev–Trinajstić information content (AvgIpc) is 2.55. The monoisotopic (exact) mass is 448 g/mol. The number of hydrogen-bond donors (Lipinski definition) is 3. The number of hydrogen-bond acceptors (Lipinski definition) is 3. The molecule has 0 saturated heterocycles. The van der Waals surface area contributed by atoms with Crippen molar-refractivity contribution in [3.8, 4) is 0 Å². The van der Waals surface area contributed by atoms with E-state index in [1.807, 2.05) is 0 Å². The first kappa shape index (κ1) is 22.6. The summed E-state index contributed by atoms with van der Waals surface area (Å²) < 4.78 is 4.88. The quantitative estimate of drug-likeness (QED) is 0.245. The molecule has 0 saturated carbocycles. The highest BCUT2D eigenvalue weighted by Crippen LogP contribution is 2.15. The van der Waals surface area contributed by atoms with E-state index in [9.17, 15) is 4.79 Å². The van der Waals surface area contributed by atoms with E-state index in [0.29, 0.717) is 25.0 Å². The molecule has 0 bridgehead atoms. The third kappa shape index (κ3) is 9.07. The number of amides is 1. The Hall–Kier alpha value is -1.35. The van der Waals surface area contributed by atoms with Crippen molar-refractivity contribution in [2.75, 3.05) is 40.4 Å². The molecule has 6 nitrogen and oxygen atoms in total. The fourth-order valence-electron chi connectivity index (χ4n) is 2.08. The summed E-state index contributed by atoms with van der Waals surface area (Å²) >= 11 is 0. The summed E-state index contributed by atoms with van der Waals surface area (Å²) in [6.07, 6.45) is 0. The minimum absolute atomic E-state index is 0. The van der Waals surface area contributed by atoms with Crippen LogP contribution in [-0.4, -0.2) is 52.3 Å². The van der Waals surface area contributed by atoms with Gasteiger partial charge in [-0.2, -0.15) is 0 Å². The number of nitrogens with one attached hydrogen (secondary N) is 3. The van der Waals surface area contributed by atoms with Gasteiger partial charge in [-0.05, 0) is 18.4 Å². The molecular formula is C17H29IN4O2. The molecule has 0 aromatic heterocycles. The zero-order chi connectivity index (χ0) is 17.1. The maximum absolute atomic E-state index is 11.6. The van der Waals surface area contributed by atoms with E-state index in [-0.39, 0.29) is 36.4 Å². The van der Waals surface area contributed by atoms with Crippen LogP contribution < -0.4 is 16.0 Å². The molecule has 24 heavy (non-hydrogen) atoms. The van der Waals surface area contributed by atoms with Gasteiger partial charge in [-0.3, -0.25) is 9.79 Å². The van der Waals surface area contributed by atoms with Crippen LogP contribution in [0.25, 0.3) is 0 Å². The minimum atomic E-state index is -0.0864. The fraction of sp³-hybridized carbons (Fsp3) is 0.529. The van der Waals surface area contributed by atoms with Crippen molar-refractivity contribution in [3.05, 3.63) is 35.4 Å². The normalized spacial score (nSPS) is 12.1. The first-order valence-corrected chi connectivity index (χ1v) is 7.83. The van der Waals surface area contributed by atoms with Gasteiger partial charge < -0.3 is 20.7 Å². The van der Waals surface area contributed by atoms with Crippen LogP contribution in [0, 0.1) is 6.92 Å². The Labute approximate surface area is 161 Å². The van der Waals surface area contributed by atoms with E-state index < -0.39 is 0 Å². The standard InChI is InChI=1S/C17H28N4O2.HI/c1-13-6-5-7-15(10-13)14(2)11-20-17(18-3)21-12-16(22)19-8-9-23-4;/h5-7,10,14H,8-9,11-12H2,1-4H3,(H,19,22)(H2,18,20,21);1H. The van der Waals surface area contributed by atoms with E-state index in [0.717, 1.165) is 6.54 Å². The van der Waals surface area contributed by atoms with Crippen molar-refractivity contribution in [1.29, 1.82) is 0 Å². The first-order chi connectivity index (χ1) is 11.1. The molecule has 0 radical (unpaired) electrons. The van der Waals surface area contributed by atoms with Crippen molar-refractivity contribution in [1.82, 2.24) is 16.0 Å². The Balaban J connectivity index is 0.00000529. The van der Waals surface area contributed by atoms with Gasteiger partial charge >= 0.3 is 0 Å². The molecule has 0 aliphatic heterocycles. The van der Waals surface area contributed by atoms with E-state index in [1.54, 1.807) is 14.2 Å². The molecule has 1 amide bonds. The van der Waals surface area contributed by atoms with Gasteiger partial charge in [0.2, 0.25) is 5.91 Å². The van der Waals surface area contributed by atoms with Crippen LogP contribution in [0.2, 0.25) is 0 Å². The van der Waals surface area contributed by atoms with Gasteiger partial charge in [-0.25, -0.2) is 0 Å². The number of carbonyl (C=O) groups is 1. The van der Waals surface area contributed by atoms with Crippen LogP contribution in [0.1, 0.15) is 24.0 Å². The molecule has 0 heterocycles. The smallest absolute Gasteiger partial charge is 0.239 e. The number of nitrogens with zero attached hydrogens (tertiary/aromatic N) is 1. The van der Waals surface area contributed by atoms with Crippen LogP contribution in [0.3, 0.4) is 0 Å². The van der Waals surface area contributed by atoms with Crippen molar-refractivity contribution < 1.29 is 9.53 Å². The van der Waals surface area contributed by atoms with Crippen molar-refractivity contribution in [3.63, 3.8) is 0 Å². The molecule has 1 aromatic rings. The van der Waals surface area contributed by atoms with Crippen LogP contribution in [-0.2, 0) is 9.53 Å². The average molecular weight is 448 g/mol. The highest BCUT2D eigenvalue weighted by Gasteiger charge is 2.08. The maximum atomic E-state index is 11.6. The number of rotatable bonds is 8. The highest BCUT2D eigenvalue weighted by atomic mass is 127. The second kappa shape index (κ2) is 13.0. The Kier molecular flexibility index (Phi) is 12.3. The predicted molar refractivity (Wildman–Crippen MR) is 109 cm³/mol. The lowest BCUT2D eigenvalue weighted by Crippen LogP contribution is -2.44. The van der Waals surface area contributed by atoms with Crippen LogP contribution in [0.4, 0.5) is 0 Å². The number of halogens is 1. The van der Waals surface area contributed by atoms with Crippen LogP contribution in [0.15, 0.2) is 29.3 Å². The molecule has 0 aliphatic carbocycles. The molecular weight excluding hydrogens is 419 g/mol. The third-order valence-electron chi connectivity index (χ3n) is 3.46. The summed E-state index contributed by atoms with van der Waals surface area (Å²) in [6, 6.07) is 8.47. The molecule has 1 aromatic carbocycles. The van der Waals surface area contributed by atoms with E-state index in [4.69, 9.17) is 4.74 Å². The molecule has 136 valence electrons. The lowest BCUT2D eigenvalue weighted by molar-refractivity contribution is -0.120. The Morgan fingerprint density at radius 1 is 1.29 bits per heavy atom. The summed E-state index contributed by atoms with van der Waals surface area (Å²) in [5.41, 5.74) is 2.54. The van der Waals surface area contributed by atoms with Gasteiger partial charge in [0.25, 0.3) is 0 Å². The van der Waals surface area contributed by atoms with Gasteiger partial charge in [-0.15, -0.1) is 24.0 Å². The lowest BCUT2D eigenvalue weighted by atomic mass is 9.99.